The largest absolute Gasteiger partial charge is 0.434 e. The highest BCUT2D eigenvalue weighted by atomic mass is 35.5. The van der Waals surface area contributed by atoms with Gasteiger partial charge in [-0.1, -0.05) is 24.3 Å². The van der Waals surface area contributed by atoms with E-state index in [4.69, 9.17) is 17.0 Å². The molecule has 0 aliphatic heterocycles. The molecule has 162 valence electrons. The number of hydrogen-bond acceptors (Lipinski definition) is 4. The summed E-state index contributed by atoms with van der Waals surface area (Å²) in [6, 6.07) is 6.88. The standard InChI is InChI=1S/C20H19ClF3N7/c1-11(2)30-10-15(20(22,23)24)27-16(30)13-6-4-12(5-7-13)9-31-17-14(29(3)19(31)25)8-26-18(21)28-17/h4-8,10-11,25H,9H2,1-3H3. The maximum absolute atomic E-state index is 13.1. The molecule has 0 bridgehead atoms. The highest BCUT2D eigenvalue weighted by Crippen LogP contribution is 2.32. The van der Waals surface area contributed by atoms with Gasteiger partial charge in [0.15, 0.2) is 11.3 Å². The number of aryl methyl sites for hydroxylation is 1. The molecule has 7 nitrogen and oxygen atoms in total. The molecule has 3 aromatic heterocycles. The van der Waals surface area contributed by atoms with Gasteiger partial charge in [0.25, 0.3) is 0 Å². The molecule has 0 atom stereocenters. The van der Waals surface area contributed by atoms with Crippen LogP contribution in [0.4, 0.5) is 13.2 Å². The fourth-order valence-electron chi connectivity index (χ4n) is 3.41. The van der Waals surface area contributed by atoms with Crippen molar-refractivity contribution < 1.29 is 13.2 Å². The summed E-state index contributed by atoms with van der Waals surface area (Å²) in [5.41, 5.74) is 1.93. The van der Waals surface area contributed by atoms with Crippen molar-refractivity contribution in [2.45, 2.75) is 32.6 Å². The summed E-state index contributed by atoms with van der Waals surface area (Å²) >= 11 is 5.92. The second kappa shape index (κ2) is 7.52. The number of imidazole rings is 2. The monoisotopic (exact) mass is 449 g/mol. The highest BCUT2D eigenvalue weighted by molar-refractivity contribution is 6.28. The molecular formula is C20H19ClF3N7. The van der Waals surface area contributed by atoms with E-state index in [2.05, 4.69) is 15.0 Å². The Labute approximate surface area is 180 Å². The van der Waals surface area contributed by atoms with Crippen LogP contribution >= 0.6 is 11.6 Å². The van der Waals surface area contributed by atoms with E-state index in [1.165, 1.54) is 4.57 Å². The molecule has 11 heteroatoms. The minimum Gasteiger partial charge on any atom is -0.328 e. The Hall–Kier alpha value is -3.14. The van der Waals surface area contributed by atoms with E-state index in [9.17, 15) is 13.2 Å². The van der Waals surface area contributed by atoms with E-state index in [0.29, 0.717) is 23.3 Å². The van der Waals surface area contributed by atoms with Crippen molar-refractivity contribution in [2.75, 3.05) is 0 Å². The van der Waals surface area contributed by atoms with Crippen LogP contribution in [0.3, 0.4) is 0 Å². The number of halogens is 4. The van der Waals surface area contributed by atoms with E-state index in [1.807, 2.05) is 0 Å². The predicted molar refractivity (Wildman–Crippen MR) is 110 cm³/mol. The number of aromatic nitrogens is 6. The Balaban J connectivity index is 1.70. The third kappa shape index (κ3) is 3.83. The van der Waals surface area contributed by atoms with Crippen LogP contribution in [0.25, 0.3) is 22.6 Å². The smallest absolute Gasteiger partial charge is 0.328 e. The van der Waals surface area contributed by atoms with Crippen LogP contribution in [0.1, 0.15) is 31.1 Å². The molecule has 0 aliphatic carbocycles. The molecule has 3 heterocycles. The van der Waals surface area contributed by atoms with E-state index in [-0.39, 0.29) is 22.8 Å². The zero-order chi connectivity index (χ0) is 22.5. The van der Waals surface area contributed by atoms with Gasteiger partial charge in [0.05, 0.1) is 12.7 Å². The van der Waals surface area contributed by atoms with Crippen LogP contribution in [0, 0.1) is 5.41 Å². The molecule has 31 heavy (non-hydrogen) atoms. The second-order valence-corrected chi connectivity index (χ2v) is 7.80. The zero-order valence-corrected chi connectivity index (χ0v) is 17.7. The van der Waals surface area contributed by atoms with E-state index >= 15 is 0 Å². The maximum Gasteiger partial charge on any atom is 0.434 e. The van der Waals surface area contributed by atoms with Gasteiger partial charge in [-0.2, -0.15) is 18.2 Å². The second-order valence-electron chi connectivity index (χ2n) is 7.46. The van der Waals surface area contributed by atoms with Crippen LogP contribution < -0.4 is 5.62 Å². The van der Waals surface area contributed by atoms with E-state index in [0.717, 1.165) is 11.8 Å². The van der Waals surface area contributed by atoms with Crippen LogP contribution in [-0.2, 0) is 19.8 Å². The van der Waals surface area contributed by atoms with Crippen molar-refractivity contribution in [2.24, 2.45) is 7.05 Å². The predicted octanol–water partition coefficient (Wildman–Crippen LogP) is 4.41. The average molecular weight is 450 g/mol. The molecule has 4 aromatic rings. The Morgan fingerprint density at radius 2 is 1.81 bits per heavy atom. The first kappa shape index (κ1) is 21.1. The summed E-state index contributed by atoms with van der Waals surface area (Å²) in [4.78, 5) is 12.0. The minimum atomic E-state index is -4.51. The molecule has 0 spiro atoms. The van der Waals surface area contributed by atoms with Gasteiger partial charge >= 0.3 is 6.18 Å². The molecule has 0 fully saturated rings. The maximum atomic E-state index is 13.1. The number of rotatable bonds is 4. The quantitative estimate of drug-likeness (QED) is 0.469. The fourth-order valence-corrected chi connectivity index (χ4v) is 3.53. The van der Waals surface area contributed by atoms with Crippen molar-refractivity contribution in [1.29, 1.82) is 5.41 Å². The summed E-state index contributed by atoms with van der Waals surface area (Å²) in [6.45, 7) is 3.95. The van der Waals surface area contributed by atoms with Crippen LogP contribution in [0.2, 0.25) is 5.28 Å². The molecular weight excluding hydrogens is 431 g/mol. The number of nitrogens with one attached hydrogen (secondary N) is 1. The summed E-state index contributed by atoms with van der Waals surface area (Å²) in [5.74, 6) is 0.257. The molecule has 1 N–H and O–H groups in total. The van der Waals surface area contributed by atoms with Gasteiger partial charge in [-0.25, -0.2) is 9.97 Å². The van der Waals surface area contributed by atoms with Crippen molar-refractivity contribution >= 4 is 22.8 Å². The SMILES string of the molecule is CC(C)n1cc(C(F)(F)F)nc1-c1ccc(Cn2c(=N)n(C)c3cnc(Cl)nc32)cc1. The van der Waals surface area contributed by atoms with Crippen LogP contribution in [-0.4, -0.2) is 28.7 Å². The molecule has 0 radical (unpaired) electrons. The highest BCUT2D eigenvalue weighted by Gasteiger charge is 2.35. The zero-order valence-electron chi connectivity index (χ0n) is 16.9. The molecule has 0 aliphatic rings. The van der Waals surface area contributed by atoms with Gasteiger partial charge in [0.1, 0.15) is 11.3 Å². The van der Waals surface area contributed by atoms with Crippen molar-refractivity contribution in [1.82, 2.24) is 28.7 Å². The summed E-state index contributed by atoms with van der Waals surface area (Å²) in [6.07, 6.45) is -1.91. The molecule has 0 saturated heterocycles. The van der Waals surface area contributed by atoms with Crippen molar-refractivity contribution in [3.05, 3.63) is 58.8 Å². The number of alkyl halides is 3. The Morgan fingerprint density at radius 1 is 1.13 bits per heavy atom. The van der Waals surface area contributed by atoms with Crippen LogP contribution in [0.15, 0.2) is 36.7 Å². The first-order valence-electron chi connectivity index (χ1n) is 9.44. The Bertz CT molecular complexity index is 1310. The lowest BCUT2D eigenvalue weighted by Gasteiger charge is -2.12. The van der Waals surface area contributed by atoms with E-state index in [1.54, 1.807) is 60.5 Å². The van der Waals surface area contributed by atoms with Gasteiger partial charge in [0, 0.05) is 24.8 Å². The van der Waals surface area contributed by atoms with Crippen molar-refractivity contribution in [3.8, 4) is 11.4 Å². The van der Waals surface area contributed by atoms with Crippen LogP contribution in [0.5, 0.6) is 0 Å². The van der Waals surface area contributed by atoms with Gasteiger partial charge < -0.3 is 9.13 Å². The molecule has 4 rings (SSSR count). The summed E-state index contributed by atoms with van der Waals surface area (Å²) in [7, 11) is 1.74. The summed E-state index contributed by atoms with van der Waals surface area (Å²) in [5, 5.41) is 8.44. The summed E-state index contributed by atoms with van der Waals surface area (Å²) < 4.78 is 44.3. The Morgan fingerprint density at radius 3 is 2.42 bits per heavy atom. The topological polar surface area (TPSA) is 77.3 Å². The lowest BCUT2D eigenvalue weighted by atomic mass is 10.1. The number of hydrogen-bond donors (Lipinski definition) is 1. The van der Waals surface area contributed by atoms with Gasteiger partial charge in [-0.05, 0) is 31.0 Å². The molecule has 0 saturated carbocycles. The first-order valence-corrected chi connectivity index (χ1v) is 9.81. The molecule has 0 amide bonds. The minimum absolute atomic E-state index is 0.0863. The number of benzene rings is 1. The lowest BCUT2D eigenvalue weighted by Crippen LogP contribution is -2.23. The van der Waals surface area contributed by atoms with Gasteiger partial charge in [0.2, 0.25) is 10.9 Å². The first-order chi connectivity index (χ1) is 14.6. The van der Waals surface area contributed by atoms with Gasteiger partial charge in [-0.15, -0.1) is 0 Å². The molecule has 0 unspecified atom stereocenters. The molecule has 1 aromatic carbocycles. The van der Waals surface area contributed by atoms with Gasteiger partial charge in [-0.3, -0.25) is 9.98 Å². The number of fused-ring (bicyclic) bond motifs is 1. The number of nitrogens with zero attached hydrogens (tertiary/aromatic N) is 6. The fraction of sp³-hybridized carbons (Fsp3) is 0.300. The average Bonchev–Trinajstić information content (AvgIpc) is 3.25. The van der Waals surface area contributed by atoms with E-state index < -0.39 is 11.9 Å². The third-order valence-electron chi connectivity index (χ3n) is 5.04. The third-order valence-corrected chi connectivity index (χ3v) is 5.23. The van der Waals surface area contributed by atoms with Crippen molar-refractivity contribution in [3.63, 3.8) is 0 Å². The normalized spacial score (nSPS) is 12.3. The Kier molecular flexibility index (Phi) is 5.12. The lowest BCUT2D eigenvalue weighted by molar-refractivity contribution is -0.140.